The average molecular weight is 179 g/mol. The molecule has 2 rings (SSSR count). The summed E-state index contributed by atoms with van der Waals surface area (Å²) in [5.74, 6) is -0.743. The van der Waals surface area contributed by atoms with Crippen molar-refractivity contribution in [3.63, 3.8) is 0 Å². The molecule has 0 amide bonds. The molecule has 0 saturated heterocycles. The van der Waals surface area contributed by atoms with Crippen LogP contribution in [0, 0.1) is 6.92 Å². The summed E-state index contributed by atoms with van der Waals surface area (Å²) >= 11 is 0. The Balaban J connectivity index is 2.36. The predicted molar refractivity (Wildman–Crippen MR) is 48.8 cm³/mol. The first-order valence-corrected chi connectivity index (χ1v) is 4.58. The van der Waals surface area contributed by atoms with Gasteiger partial charge in [0.05, 0.1) is 6.42 Å². The number of fused-ring (bicyclic) bond motifs is 1. The fourth-order valence-corrected chi connectivity index (χ4v) is 2.11. The van der Waals surface area contributed by atoms with Gasteiger partial charge in [0.15, 0.2) is 0 Å². The molecule has 0 fully saturated rings. The highest BCUT2D eigenvalue weighted by Crippen LogP contribution is 2.23. The van der Waals surface area contributed by atoms with Gasteiger partial charge in [-0.05, 0) is 31.4 Å². The molecule has 3 heteroatoms. The van der Waals surface area contributed by atoms with Crippen LogP contribution in [0.25, 0.3) is 0 Å². The quantitative estimate of drug-likeness (QED) is 0.745. The molecule has 3 nitrogen and oxygen atoms in total. The third kappa shape index (κ3) is 1.34. The number of rotatable bonds is 2. The summed E-state index contributed by atoms with van der Waals surface area (Å²) in [4.78, 5) is 10.6. The second-order valence-electron chi connectivity index (χ2n) is 3.59. The van der Waals surface area contributed by atoms with E-state index in [1.165, 1.54) is 11.3 Å². The van der Waals surface area contributed by atoms with Crippen LogP contribution in [0.1, 0.15) is 23.4 Å². The monoisotopic (exact) mass is 179 g/mol. The number of nitrogens with zero attached hydrogens (tertiary/aromatic N) is 1. The van der Waals surface area contributed by atoms with E-state index in [1.807, 2.05) is 6.07 Å². The molecule has 0 spiro atoms. The molecule has 70 valence electrons. The van der Waals surface area contributed by atoms with E-state index in [-0.39, 0.29) is 6.42 Å². The SMILES string of the molecule is Cc1cc(CC(=O)O)n2c1CCC2. The zero-order chi connectivity index (χ0) is 9.42. The Labute approximate surface area is 77.0 Å². The van der Waals surface area contributed by atoms with Crippen molar-refractivity contribution < 1.29 is 9.90 Å². The molecule has 0 aliphatic carbocycles. The second-order valence-corrected chi connectivity index (χ2v) is 3.59. The zero-order valence-corrected chi connectivity index (χ0v) is 7.71. The molecule has 0 unspecified atom stereocenters. The lowest BCUT2D eigenvalue weighted by molar-refractivity contribution is -0.136. The van der Waals surface area contributed by atoms with Crippen LogP contribution in [0.3, 0.4) is 0 Å². The molecule has 0 aromatic carbocycles. The van der Waals surface area contributed by atoms with Crippen LogP contribution in [0.15, 0.2) is 6.07 Å². The molecule has 1 aromatic rings. The van der Waals surface area contributed by atoms with Crippen molar-refractivity contribution in [1.82, 2.24) is 4.57 Å². The molecule has 1 N–H and O–H groups in total. The van der Waals surface area contributed by atoms with Gasteiger partial charge in [-0.1, -0.05) is 0 Å². The number of aliphatic carboxylic acids is 1. The van der Waals surface area contributed by atoms with Gasteiger partial charge >= 0.3 is 5.97 Å². The van der Waals surface area contributed by atoms with Crippen molar-refractivity contribution in [2.75, 3.05) is 0 Å². The van der Waals surface area contributed by atoms with Crippen molar-refractivity contribution in [3.8, 4) is 0 Å². The van der Waals surface area contributed by atoms with Crippen molar-refractivity contribution in [2.24, 2.45) is 0 Å². The van der Waals surface area contributed by atoms with E-state index in [1.54, 1.807) is 0 Å². The van der Waals surface area contributed by atoms with Crippen LogP contribution in [0.5, 0.6) is 0 Å². The van der Waals surface area contributed by atoms with E-state index < -0.39 is 5.97 Å². The summed E-state index contributed by atoms with van der Waals surface area (Å²) in [6.07, 6.45) is 2.41. The van der Waals surface area contributed by atoms with Gasteiger partial charge in [-0.15, -0.1) is 0 Å². The number of aromatic nitrogens is 1. The number of carboxylic acid groups (broad SMARTS) is 1. The van der Waals surface area contributed by atoms with E-state index in [0.717, 1.165) is 25.1 Å². The molecule has 0 bridgehead atoms. The molecular weight excluding hydrogens is 166 g/mol. The third-order valence-corrected chi connectivity index (χ3v) is 2.64. The summed E-state index contributed by atoms with van der Waals surface area (Å²) in [7, 11) is 0. The molecule has 0 radical (unpaired) electrons. The topological polar surface area (TPSA) is 42.2 Å². The largest absolute Gasteiger partial charge is 0.481 e. The standard InChI is InChI=1S/C10H13NO2/c1-7-5-8(6-10(12)13)11-4-2-3-9(7)11/h5H,2-4,6H2,1H3,(H,12,13). The van der Waals surface area contributed by atoms with Crippen LogP contribution in [-0.2, 0) is 24.2 Å². The molecule has 1 aliphatic rings. The van der Waals surface area contributed by atoms with Crippen LogP contribution < -0.4 is 0 Å². The number of carbonyl (C=O) groups is 1. The summed E-state index contributed by atoms with van der Waals surface area (Å²) in [5, 5.41) is 8.69. The van der Waals surface area contributed by atoms with Gasteiger partial charge in [0.1, 0.15) is 0 Å². The fourth-order valence-electron chi connectivity index (χ4n) is 2.11. The first kappa shape index (κ1) is 8.35. The second kappa shape index (κ2) is 2.91. The van der Waals surface area contributed by atoms with Crippen molar-refractivity contribution in [1.29, 1.82) is 0 Å². The van der Waals surface area contributed by atoms with E-state index in [4.69, 9.17) is 5.11 Å². The molecule has 0 saturated carbocycles. The summed E-state index contributed by atoms with van der Waals surface area (Å²) in [6.45, 7) is 3.05. The first-order valence-electron chi connectivity index (χ1n) is 4.58. The summed E-state index contributed by atoms with van der Waals surface area (Å²) < 4.78 is 2.16. The lowest BCUT2D eigenvalue weighted by Gasteiger charge is -2.02. The molecular formula is C10H13NO2. The Bertz CT molecular complexity index is 352. The Morgan fingerprint density at radius 3 is 3.15 bits per heavy atom. The number of hydrogen-bond acceptors (Lipinski definition) is 1. The third-order valence-electron chi connectivity index (χ3n) is 2.64. The number of carboxylic acids is 1. The van der Waals surface area contributed by atoms with Gasteiger partial charge < -0.3 is 9.67 Å². The highest BCUT2D eigenvalue weighted by Gasteiger charge is 2.18. The minimum Gasteiger partial charge on any atom is -0.481 e. The van der Waals surface area contributed by atoms with Crippen LogP contribution in [0.2, 0.25) is 0 Å². The predicted octanol–water partition coefficient (Wildman–Crippen LogP) is 1.37. The summed E-state index contributed by atoms with van der Waals surface area (Å²) in [5.41, 5.74) is 3.53. The molecule has 2 heterocycles. The zero-order valence-electron chi connectivity index (χ0n) is 7.71. The van der Waals surface area contributed by atoms with Gasteiger partial charge in [0, 0.05) is 17.9 Å². The molecule has 0 atom stereocenters. The van der Waals surface area contributed by atoms with E-state index in [2.05, 4.69) is 11.5 Å². The molecule has 1 aromatic heterocycles. The highest BCUT2D eigenvalue weighted by molar-refractivity contribution is 5.70. The van der Waals surface area contributed by atoms with E-state index in [9.17, 15) is 4.79 Å². The normalized spacial score (nSPS) is 14.5. The Morgan fingerprint density at radius 2 is 2.46 bits per heavy atom. The minimum atomic E-state index is -0.743. The van der Waals surface area contributed by atoms with E-state index in [0.29, 0.717) is 0 Å². The van der Waals surface area contributed by atoms with Crippen molar-refractivity contribution in [2.45, 2.75) is 32.7 Å². The lowest BCUT2D eigenvalue weighted by Crippen LogP contribution is -2.06. The van der Waals surface area contributed by atoms with Gasteiger partial charge in [0.25, 0.3) is 0 Å². The van der Waals surface area contributed by atoms with Gasteiger partial charge in [-0.3, -0.25) is 4.79 Å². The Hall–Kier alpha value is -1.25. The van der Waals surface area contributed by atoms with Crippen molar-refractivity contribution in [3.05, 3.63) is 23.0 Å². The van der Waals surface area contributed by atoms with Crippen LogP contribution >= 0.6 is 0 Å². The summed E-state index contributed by atoms with van der Waals surface area (Å²) in [6, 6.07) is 2.00. The Kier molecular flexibility index (Phi) is 1.87. The van der Waals surface area contributed by atoms with Gasteiger partial charge in [-0.25, -0.2) is 0 Å². The highest BCUT2D eigenvalue weighted by atomic mass is 16.4. The first-order chi connectivity index (χ1) is 6.18. The average Bonchev–Trinajstić information content (AvgIpc) is 2.56. The van der Waals surface area contributed by atoms with Crippen LogP contribution in [-0.4, -0.2) is 15.6 Å². The van der Waals surface area contributed by atoms with Gasteiger partial charge in [0.2, 0.25) is 0 Å². The van der Waals surface area contributed by atoms with E-state index >= 15 is 0 Å². The van der Waals surface area contributed by atoms with Gasteiger partial charge in [-0.2, -0.15) is 0 Å². The maximum Gasteiger partial charge on any atom is 0.309 e. The van der Waals surface area contributed by atoms with Crippen molar-refractivity contribution >= 4 is 5.97 Å². The Morgan fingerprint density at radius 1 is 1.69 bits per heavy atom. The molecule has 1 aliphatic heterocycles. The minimum absolute atomic E-state index is 0.154. The fraction of sp³-hybridized carbons (Fsp3) is 0.500. The smallest absolute Gasteiger partial charge is 0.309 e. The lowest BCUT2D eigenvalue weighted by atomic mass is 10.2. The maximum absolute atomic E-state index is 10.6. The molecule has 13 heavy (non-hydrogen) atoms. The number of aryl methyl sites for hydroxylation is 1. The maximum atomic E-state index is 10.6. The van der Waals surface area contributed by atoms with Crippen LogP contribution in [0.4, 0.5) is 0 Å². The number of hydrogen-bond donors (Lipinski definition) is 1.